The number of benzene rings is 2. The minimum atomic E-state index is -1.53. The van der Waals surface area contributed by atoms with E-state index in [1.807, 2.05) is 48.5 Å². The van der Waals surface area contributed by atoms with Crippen molar-refractivity contribution in [2.75, 3.05) is 6.61 Å². The zero-order chi connectivity index (χ0) is 17.2. The van der Waals surface area contributed by atoms with Gasteiger partial charge in [0, 0.05) is 5.92 Å². The third-order valence-corrected chi connectivity index (χ3v) is 4.72. The fourth-order valence-corrected chi connectivity index (χ4v) is 3.65. The quantitative estimate of drug-likeness (QED) is 0.811. The molecular formula is C20H16N2O2. The van der Waals surface area contributed by atoms with E-state index in [0.29, 0.717) is 5.56 Å². The molecule has 1 aliphatic rings. The number of hydrogen-bond acceptors (Lipinski definition) is 4. The van der Waals surface area contributed by atoms with Gasteiger partial charge in [-0.1, -0.05) is 60.7 Å². The Kier molecular flexibility index (Phi) is 3.83. The number of nitriles is 2. The summed E-state index contributed by atoms with van der Waals surface area (Å²) in [5, 5.41) is 19.9. The average molecular weight is 316 g/mol. The predicted molar refractivity (Wildman–Crippen MR) is 87.6 cm³/mol. The number of hydrogen-bond donors (Lipinski definition) is 0. The van der Waals surface area contributed by atoms with E-state index in [0.717, 1.165) is 5.56 Å². The molecule has 0 unspecified atom stereocenters. The van der Waals surface area contributed by atoms with Crippen molar-refractivity contribution in [3.8, 4) is 12.1 Å². The van der Waals surface area contributed by atoms with E-state index < -0.39 is 22.7 Å². The molecule has 0 heterocycles. The molecule has 0 bridgehead atoms. The van der Waals surface area contributed by atoms with E-state index in [2.05, 4.69) is 12.1 Å². The van der Waals surface area contributed by atoms with E-state index >= 15 is 0 Å². The largest absolute Gasteiger partial charge is 0.465 e. The molecule has 0 aliphatic heterocycles. The molecule has 0 spiro atoms. The van der Waals surface area contributed by atoms with Gasteiger partial charge in [0.1, 0.15) is 5.41 Å². The maximum atomic E-state index is 12.7. The van der Waals surface area contributed by atoms with Crippen LogP contribution >= 0.6 is 0 Å². The Labute approximate surface area is 140 Å². The minimum Gasteiger partial charge on any atom is -0.465 e. The normalized spacial score (nSPS) is 27.5. The zero-order valence-electron chi connectivity index (χ0n) is 13.3. The molecule has 0 radical (unpaired) electrons. The van der Waals surface area contributed by atoms with Crippen molar-refractivity contribution in [2.45, 2.75) is 18.3 Å². The lowest BCUT2D eigenvalue weighted by Crippen LogP contribution is -2.26. The molecule has 2 aromatic carbocycles. The summed E-state index contributed by atoms with van der Waals surface area (Å²) in [7, 11) is 0. The molecule has 2 aromatic rings. The number of esters is 1. The van der Waals surface area contributed by atoms with E-state index in [1.165, 1.54) is 0 Å². The molecule has 1 saturated carbocycles. The molecule has 1 aliphatic carbocycles. The maximum absolute atomic E-state index is 12.7. The first-order chi connectivity index (χ1) is 11.7. The van der Waals surface area contributed by atoms with Crippen LogP contribution in [-0.2, 0) is 14.9 Å². The molecule has 0 amide bonds. The highest BCUT2D eigenvalue weighted by Gasteiger charge is 2.84. The highest BCUT2D eigenvalue weighted by Crippen LogP contribution is 2.74. The summed E-state index contributed by atoms with van der Waals surface area (Å²) in [4.78, 5) is 12.7. The lowest BCUT2D eigenvalue weighted by atomic mass is 9.87. The van der Waals surface area contributed by atoms with Crippen LogP contribution in [-0.4, -0.2) is 12.6 Å². The van der Waals surface area contributed by atoms with E-state index in [1.54, 1.807) is 19.1 Å². The van der Waals surface area contributed by atoms with Gasteiger partial charge in [-0.3, -0.25) is 4.79 Å². The lowest BCUT2D eigenvalue weighted by molar-refractivity contribution is -0.148. The molecule has 3 atom stereocenters. The zero-order valence-corrected chi connectivity index (χ0v) is 13.3. The van der Waals surface area contributed by atoms with Gasteiger partial charge in [-0.05, 0) is 18.1 Å². The summed E-state index contributed by atoms with van der Waals surface area (Å²) < 4.78 is 5.18. The Morgan fingerprint density at radius 2 is 1.62 bits per heavy atom. The van der Waals surface area contributed by atoms with Gasteiger partial charge >= 0.3 is 5.97 Å². The van der Waals surface area contributed by atoms with Gasteiger partial charge in [-0.2, -0.15) is 10.5 Å². The second kappa shape index (κ2) is 5.83. The first kappa shape index (κ1) is 15.8. The average Bonchev–Trinajstić information content (AvgIpc) is 3.28. The van der Waals surface area contributed by atoms with Gasteiger partial charge < -0.3 is 4.74 Å². The Hall–Kier alpha value is -3.11. The molecule has 4 nitrogen and oxygen atoms in total. The summed E-state index contributed by atoms with van der Waals surface area (Å²) in [5.74, 6) is -1.19. The molecule has 1 fully saturated rings. The predicted octanol–water partition coefficient (Wildman–Crippen LogP) is 3.32. The maximum Gasteiger partial charge on any atom is 0.329 e. The van der Waals surface area contributed by atoms with Crippen LogP contribution in [0, 0.1) is 28.1 Å². The summed E-state index contributed by atoms with van der Waals surface area (Å²) in [6, 6.07) is 22.7. The van der Waals surface area contributed by atoms with Crippen LogP contribution in [0.5, 0.6) is 0 Å². The third kappa shape index (κ3) is 1.87. The second-order valence-electron chi connectivity index (χ2n) is 5.77. The first-order valence-corrected chi connectivity index (χ1v) is 7.79. The van der Waals surface area contributed by atoms with Crippen LogP contribution in [0.1, 0.15) is 24.0 Å². The molecule has 0 aromatic heterocycles. The molecule has 118 valence electrons. The molecule has 4 heteroatoms. The van der Waals surface area contributed by atoms with Crippen LogP contribution in [0.2, 0.25) is 0 Å². The number of rotatable bonds is 4. The van der Waals surface area contributed by atoms with Crippen molar-refractivity contribution in [3.63, 3.8) is 0 Å². The van der Waals surface area contributed by atoms with Crippen molar-refractivity contribution in [1.82, 2.24) is 0 Å². The van der Waals surface area contributed by atoms with Gasteiger partial charge in [0.05, 0.1) is 18.7 Å². The fourth-order valence-electron chi connectivity index (χ4n) is 3.65. The van der Waals surface area contributed by atoms with Gasteiger partial charge in [-0.25, -0.2) is 0 Å². The van der Waals surface area contributed by atoms with Crippen LogP contribution in [0.15, 0.2) is 60.7 Å². The summed E-state index contributed by atoms with van der Waals surface area (Å²) in [6.07, 6.45) is 0. The minimum absolute atomic E-state index is 0.167. The number of nitrogens with zero attached hydrogens (tertiary/aromatic N) is 2. The van der Waals surface area contributed by atoms with Crippen molar-refractivity contribution in [1.29, 1.82) is 10.5 Å². The topological polar surface area (TPSA) is 73.9 Å². The Bertz CT molecular complexity index is 835. The van der Waals surface area contributed by atoms with Crippen LogP contribution < -0.4 is 0 Å². The van der Waals surface area contributed by atoms with Gasteiger partial charge in [0.2, 0.25) is 0 Å². The number of carbonyl (C=O) groups excluding carboxylic acids is 1. The highest BCUT2D eigenvalue weighted by atomic mass is 16.5. The Morgan fingerprint density at radius 3 is 2.12 bits per heavy atom. The van der Waals surface area contributed by atoms with E-state index in [-0.39, 0.29) is 6.61 Å². The van der Waals surface area contributed by atoms with Gasteiger partial charge in [0.25, 0.3) is 0 Å². The Balaban J connectivity index is 2.24. The molecule has 0 saturated heterocycles. The van der Waals surface area contributed by atoms with Gasteiger partial charge in [-0.15, -0.1) is 0 Å². The molecule has 3 rings (SSSR count). The summed E-state index contributed by atoms with van der Waals surface area (Å²) in [5.41, 5.74) is -1.31. The Morgan fingerprint density at radius 1 is 1.04 bits per heavy atom. The lowest BCUT2D eigenvalue weighted by Gasteiger charge is -2.13. The summed E-state index contributed by atoms with van der Waals surface area (Å²) in [6.45, 7) is 1.86. The first-order valence-electron chi connectivity index (χ1n) is 7.79. The van der Waals surface area contributed by atoms with Gasteiger partial charge in [0.15, 0.2) is 5.41 Å². The smallest absolute Gasteiger partial charge is 0.329 e. The third-order valence-electron chi connectivity index (χ3n) is 4.72. The van der Waals surface area contributed by atoms with Crippen LogP contribution in [0.25, 0.3) is 0 Å². The monoisotopic (exact) mass is 316 g/mol. The molecule has 24 heavy (non-hydrogen) atoms. The molecular weight excluding hydrogens is 300 g/mol. The van der Waals surface area contributed by atoms with Crippen molar-refractivity contribution in [3.05, 3.63) is 71.8 Å². The SMILES string of the molecule is CCOC(=O)[C@@]1(C#N)[C@H](c2ccccc2)[C@]1(C#N)c1ccccc1. The van der Waals surface area contributed by atoms with Crippen molar-refractivity contribution >= 4 is 5.97 Å². The highest BCUT2D eigenvalue weighted by molar-refractivity contribution is 5.93. The standard InChI is InChI=1S/C20H16N2O2/c1-2-24-18(23)20(14-22)17(15-9-5-3-6-10-15)19(20,13-21)16-11-7-4-8-12-16/h3-12,17H,2H2,1H3/t17-,19+,20-/m1/s1. The van der Waals surface area contributed by atoms with E-state index in [4.69, 9.17) is 4.74 Å². The van der Waals surface area contributed by atoms with Crippen molar-refractivity contribution < 1.29 is 9.53 Å². The number of ether oxygens (including phenoxy) is 1. The number of carbonyl (C=O) groups is 1. The fraction of sp³-hybridized carbons (Fsp3) is 0.250. The van der Waals surface area contributed by atoms with Crippen molar-refractivity contribution in [2.24, 2.45) is 5.41 Å². The molecule has 0 N–H and O–H groups in total. The summed E-state index contributed by atoms with van der Waals surface area (Å²) >= 11 is 0. The van der Waals surface area contributed by atoms with E-state index in [9.17, 15) is 15.3 Å². The van der Waals surface area contributed by atoms with Crippen LogP contribution in [0.4, 0.5) is 0 Å². The second-order valence-corrected chi connectivity index (χ2v) is 5.77. The van der Waals surface area contributed by atoms with Crippen LogP contribution in [0.3, 0.4) is 0 Å².